The van der Waals surface area contributed by atoms with Crippen molar-refractivity contribution < 1.29 is 14.6 Å². The molecule has 238 valence electrons. The van der Waals surface area contributed by atoms with Crippen molar-refractivity contribution in [2.45, 2.75) is 117 Å². The van der Waals surface area contributed by atoms with Crippen molar-refractivity contribution in [2.24, 2.45) is 57.4 Å². The lowest BCUT2D eigenvalue weighted by atomic mass is 9.53. The van der Waals surface area contributed by atoms with Gasteiger partial charge in [-0.15, -0.1) is 0 Å². The fraction of sp³-hybridized carbons (Fsp3) is 0.750. The topological polar surface area (TPSA) is 83.0 Å². The number of benzene rings is 1. The van der Waals surface area contributed by atoms with Crippen molar-refractivity contribution in [3.63, 3.8) is 0 Å². The number of nitrogens with zero attached hydrogens (tertiary/aromatic N) is 1. The zero-order valence-corrected chi connectivity index (χ0v) is 28.1. The summed E-state index contributed by atoms with van der Waals surface area (Å²) in [5, 5.41) is 21.2. The summed E-state index contributed by atoms with van der Waals surface area (Å²) in [4.78, 5) is 12.0. The third-order valence-corrected chi connectivity index (χ3v) is 12.8. The normalized spacial score (nSPS) is 39.2. The molecule has 0 saturated heterocycles. The quantitative estimate of drug-likeness (QED) is 0.114. The van der Waals surface area contributed by atoms with E-state index in [1.54, 1.807) is 0 Å². The maximum Gasteiger partial charge on any atom is 0.302 e. The average Bonchev–Trinajstić information content (AvgIpc) is 3.38. The van der Waals surface area contributed by atoms with E-state index in [-0.39, 0.29) is 28.8 Å². The fourth-order valence-electron chi connectivity index (χ4n) is 10.6. The van der Waals surface area contributed by atoms with E-state index in [9.17, 15) is 9.90 Å². The minimum absolute atomic E-state index is 0.132. The van der Waals surface area contributed by atoms with E-state index in [4.69, 9.17) is 22.1 Å². The first-order valence-electron chi connectivity index (χ1n) is 16.9. The molecule has 10 atom stereocenters. The van der Waals surface area contributed by atoms with Crippen LogP contribution >= 0.6 is 12.2 Å². The van der Waals surface area contributed by atoms with Crippen molar-refractivity contribution in [2.75, 3.05) is 5.32 Å². The molecule has 6 nitrogen and oxygen atoms in total. The Morgan fingerprint density at radius 1 is 1.09 bits per heavy atom. The van der Waals surface area contributed by atoms with Crippen LogP contribution in [0, 0.1) is 52.3 Å². The van der Waals surface area contributed by atoms with Gasteiger partial charge in [-0.05, 0) is 104 Å². The molecule has 0 bridgehead atoms. The number of para-hydroxylation sites is 1. The van der Waals surface area contributed by atoms with Crippen molar-refractivity contribution >= 4 is 35.2 Å². The monoisotopic (exact) mass is 609 g/mol. The summed E-state index contributed by atoms with van der Waals surface area (Å²) < 4.78 is 5.74. The second-order valence-corrected chi connectivity index (χ2v) is 15.8. The van der Waals surface area contributed by atoms with Gasteiger partial charge >= 0.3 is 5.97 Å². The van der Waals surface area contributed by atoms with Gasteiger partial charge in [0, 0.05) is 36.6 Å². The van der Waals surface area contributed by atoms with Gasteiger partial charge in [0.15, 0.2) is 5.11 Å². The van der Waals surface area contributed by atoms with Gasteiger partial charge in [0.1, 0.15) is 6.10 Å². The van der Waals surface area contributed by atoms with E-state index >= 15 is 0 Å². The minimum Gasteiger partial charge on any atom is -0.462 e. The highest BCUT2D eigenvalue weighted by Crippen LogP contribution is 2.73. The number of carbonyl (C=O) groups excluding carboxylic acids is 1. The van der Waals surface area contributed by atoms with Crippen LogP contribution in [0.15, 0.2) is 35.4 Å². The summed E-state index contributed by atoms with van der Waals surface area (Å²) >= 11 is 5.55. The Balaban J connectivity index is 1.41. The molecule has 4 fully saturated rings. The SMILES string of the molecule is CC(=O)O[C@H]1CC[C@]2(C)C3CC[C@@]4(C)C(CC[C@@H]4[C@H](C)CCCC(C)C)C3C(/C=N/NC(=S)Nc3ccccc3)[C@]2(O)C1. The van der Waals surface area contributed by atoms with Gasteiger partial charge in [-0.2, -0.15) is 5.10 Å². The van der Waals surface area contributed by atoms with E-state index in [2.05, 4.69) is 45.4 Å². The van der Waals surface area contributed by atoms with Crippen molar-refractivity contribution in [1.82, 2.24) is 5.43 Å². The van der Waals surface area contributed by atoms with Crippen LogP contribution in [0.25, 0.3) is 0 Å². The number of anilines is 1. The Bertz CT molecular complexity index is 1180. The molecule has 0 radical (unpaired) electrons. The molecule has 0 spiro atoms. The van der Waals surface area contributed by atoms with Gasteiger partial charge in [-0.3, -0.25) is 10.2 Å². The molecule has 0 aliphatic heterocycles. The number of thiocarbonyl (C=S) groups is 1. The predicted octanol–water partition coefficient (Wildman–Crippen LogP) is 7.96. The zero-order valence-electron chi connectivity index (χ0n) is 27.3. The highest BCUT2D eigenvalue weighted by molar-refractivity contribution is 7.80. The Morgan fingerprint density at radius 3 is 2.53 bits per heavy atom. The number of hydrogen-bond acceptors (Lipinski definition) is 5. The Morgan fingerprint density at radius 2 is 1.84 bits per heavy atom. The smallest absolute Gasteiger partial charge is 0.302 e. The zero-order chi connectivity index (χ0) is 31.0. The molecular formula is C36H55N3O3S. The van der Waals surface area contributed by atoms with E-state index in [1.165, 1.54) is 45.4 Å². The van der Waals surface area contributed by atoms with Crippen molar-refractivity contribution in [3.05, 3.63) is 30.3 Å². The van der Waals surface area contributed by atoms with Gasteiger partial charge in [0.05, 0.1) is 5.60 Å². The third kappa shape index (κ3) is 6.14. The highest BCUT2D eigenvalue weighted by atomic mass is 32.1. The largest absolute Gasteiger partial charge is 0.462 e. The number of esters is 1. The van der Waals surface area contributed by atoms with E-state index in [0.717, 1.165) is 42.7 Å². The highest BCUT2D eigenvalue weighted by Gasteiger charge is 2.72. The summed E-state index contributed by atoms with van der Waals surface area (Å²) in [6.45, 7) is 13.5. The number of aliphatic hydroxyl groups is 1. The Kier molecular flexibility index (Phi) is 9.63. The maximum atomic E-state index is 12.8. The molecule has 0 aromatic heterocycles. The predicted molar refractivity (Wildman–Crippen MR) is 179 cm³/mol. The van der Waals surface area contributed by atoms with Crippen LogP contribution < -0.4 is 10.7 Å². The van der Waals surface area contributed by atoms with Gasteiger partial charge in [-0.1, -0.05) is 72.1 Å². The van der Waals surface area contributed by atoms with Crippen LogP contribution in [-0.2, 0) is 9.53 Å². The fourth-order valence-corrected chi connectivity index (χ4v) is 10.7. The number of hydrazone groups is 1. The first-order valence-corrected chi connectivity index (χ1v) is 17.3. The van der Waals surface area contributed by atoms with Crippen molar-refractivity contribution in [3.8, 4) is 0 Å². The van der Waals surface area contributed by atoms with E-state index < -0.39 is 5.60 Å². The van der Waals surface area contributed by atoms with E-state index in [0.29, 0.717) is 29.3 Å². The molecule has 43 heavy (non-hydrogen) atoms. The molecule has 1 aromatic rings. The molecule has 4 aliphatic rings. The molecule has 1 aromatic carbocycles. The summed E-state index contributed by atoms with van der Waals surface area (Å²) in [6.07, 6.45) is 12.7. The minimum atomic E-state index is -0.993. The summed E-state index contributed by atoms with van der Waals surface area (Å²) in [5.41, 5.74) is 2.99. The van der Waals surface area contributed by atoms with Crippen LogP contribution in [0.5, 0.6) is 0 Å². The number of fused-ring (bicyclic) bond motifs is 5. The van der Waals surface area contributed by atoms with Gasteiger partial charge < -0.3 is 15.2 Å². The van der Waals surface area contributed by atoms with Gasteiger partial charge in [0.25, 0.3) is 0 Å². The number of hydrogen-bond donors (Lipinski definition) is 3. The molecule has 4 saturated carbocycles. The van der Waals surface area contributed by atoms with Gasteiger partial charge in [-0.25, -0.2) is 0 Å². The molecule has 5 rings (SSSR count). The van der Waals surface area contributed by atoms with Crippen molar-refractivity contribution in [1.29, 1.82) is 0 Å². The van der Waals surface area contributed by atoms with Crippen LogP contribution in [0.1, 0.15) is 106 Å². The first-order chi connectivity index (χ1) is 20.4. The third-order valence-electron chi connectivity index (χ3n) is 12.6. The number of carbonyl (C=O) groups is 1. The number of rotatable bonds is 9. The molecule has 4 unspecified atom stereocenters. The Labute approximate surface area is 265 Å². The van der Waals surface area contributed by atoms with Crippen LogP contribution in [0.4, 0.5) is 5.69 Å². The summed E-state index contributed by atoms with van der Waals surface area (Å²) in [5.74, 6) is 3.13. The standard InChI is InChI=1S/C36H55N3O3S/c1-23(2)11-10-12-24(3)28-15-16-29-32-30(18-19-34(28,29)5)35(6)20-17-27(42-25(4)40)21-36(35,41)31(32)22-37-39-33(43)38-26-13-8-7-9-14-26/h7-9,13-14,22-24,27-32,41H,10-12,15-21H2,1-6H3,(H2,38,39,43)/b37-22+/t24-,27+,28-,29?,30?,31?,32?,34-,35-,36-/m1/s1. The lowest BCUT2D eigenvalue weighted by Crippen LogP contribution is -2.55. The molecule has 4 aliphatic carbocycles. The average molecular weight is 610 g/mol. The summed E-state index contributed by atoms with van der Waals surface area (Å²) in [7, 11) is 0. The lowest BCUT2D eigenvalue weighted by Gasteiger charge is -2.52. The van der Waals surface area contributed by atoms with E-state index in [1.807, 2.05) is 36.5 Å². The second kappa shape index (κ2) is 12.8. The molecular weight excluding hydrogens is 554 g/mol. The van der Waals surface area contributed by atoms with Crippen LogP contribution in [-0.4, -0.2) is 34.1 Å². The van der Waals surface area contributed by atoms with Gasteiger partial charge in [0.2, 0.25) is 0 Å². The number of ether oxygens (including phenoxy) is 1. The molecule has 0 amide bonds. The first kappa shape index (κ1) is 32.4. The second-order valence-electron chi connectivity index (χ2n) is 15.4. The van der Waals surface area contributed by atoms with Crippen LogP contribution in [0.2, 0.25) is 0 Å². The Hall–Kier alpha value is -1.99. The summed E-state index contributed by atoms with van der Waals surface area (Å²) in [6, 6.07) is 9.83. The van der Waals surface area contributed by atoms with Crippen LogP contribution in [0.3, 0.4) is 0 Å². The molecule has 7 heteroatoms. The maximum absolute atomic E-state index is 12.8. The number of nitrogens with one attached hydrogen (secondary N) is 2. The molecule has 0 heterocycles. The lowest BCUT2D eigenvalue weighted by molar-refractivity contribution is -0.170. The molecule has 3 N–H and O–H groups in total.